The van der Waals surface area contributed by atoms with Gasteiger partial charge in [0.2, 0.25) is 5.88 Å². The normalized spacial score (nSPS) is 15.1. The maximum atomic E-state index is 13.8. The number of hydrogen-bond acceptors (Lipinski definition) is 4. The largest absolute Gasteiger partial charge is 0.480 e. The summed E-state index contributed by atoms with van der Waals surface area (Å²) in [7, 11) is 1.27. The predicted octanol–water partition coefficient (Wildman–Crippen LogP) is 4.99. The fourth-order valence-corrected chi connectivity index (χ4v) is 3.80. The van der Waals surface area contributed by atoms with Gasteiger partial charge in [-0.25, -0.2) is 9.37 Å². The topological polar surface area (TPSA) is 80.3 Å². The van der Waals surface area contributed by atoms with Crippen LogP contribution in [-0.4, -0.2) is 23.9 Å². The minimum Gasteiger partial charge on any atom is -0.480 e. The van der Waals surface area contributed by atoms with Gasteiger partial charge in [0.25, 0.3) is 11.8 Å². The summed E-state index contributed by atoms with van der Waals surface area (Å²) in [4.78, 5) is 29.4. The molecule has 3 aromatic rings. The smallest absolute Gasteiger partial charge is 0.416 e. The van der Waals surface area contributed by atoms with E-state index >= 15 is 0 Å². The fraction of sp³-hybridized carbons (Fsp3) is 0.136. The van der Waals surface area contributed by atoms with Crippen LogP contribution >= 0.6 is 11.6 Å². The third-order valence-corrected chi connectivity index (χ3v) is 5.37. The van der Waals surface area contributed by atoms with Gasteiger partial charge in [-0.05, 0) is 29.8 Å². The number of fused-ring (bicyclic) bond motifs is 1. The van der Waals surface area contributed by atoms with E-state index in [0.29, 0.717) is 22.7 Å². The Balaban J connectivity index is 1.81. The number of anilines is 1. The third kappa shape index (κ3) is 4.21. The van der Waals surface area contributed by atoms with E-state index in [0.717, 1.165) is 0 Å². The molecule has 6 nitrogen and oxygen atoms in total. The van der Waals surface area contributed by atoms with Gasteiger partial charge in [0.15, 0.2) is 0 Å². The van der Waals surface area contributed by atoms with Crippen molar-refractivity contribution in [3.8, 4) is 5.88 Å². The molecule has 170 valence electrons. The van der Waals surface area contributed by atoms with Gasteiger partial charge in [0, 0.05) is 22.3 Å². The Morgan fingerprint density at radius 3 is 2.61 bits per heavy atom. The Morgan fingerprint density at radius 2 is 1.94 bits per heavy atom. The molecule has 0 radical (unpaired) electrons. The maximum absolute atomic E-state index is 13.8. The van der Waals surface area contributed by atoms with Crippen LogP contribution in [-0.2, 0) is 6.18 Å². The number of methoxy groups -OCH3 is 1. The van der Waals surface area contributed by atoms with Crippen molar-refractivity contribution in [2.75, 3.05) is 12.4 Å². The molecule has 0 bridgehead atoms. The average molecular weight is 480 g/mol. The molecule has 1 aliphatic rings. The molecule has 0 spiro atoms. The minimum absolute atomic E-state index is 0.0545. The second-order valence-corrected chi connectivity index (χ2v) is 7.49. The number of aromatic nitrogens is 1. The zero-order valence-electron chi connectivity index (χ0n) is 16.8. The zero-order valence-corrected chi connectivity index (χ0v) is 17.5. The van der Waals surface area contributed by atoms with Gasteiger partial charge in [-0.1, -0.05) is 29.8 Å². The van der Waals surface area contributed by atoms with Crippen molar-refractivity contribution in [3.05, 3.63) is 87.3 Å². The molecule has 1 aromatic heterocycles. The standard InChI is InChI=1S/C22H14ClF4N3O3/c1-33-21-18(30-19(31)10-6-11(22(25,26)27)8-12(24)7-10)16-14(9-28-21)20(32)29-17(16)13-4-2-3-5-15(13)23/h2-9,17H,1H3,(H,29,32)(H,30,31). The summed E-state index contributed by atoms with van der Waals surface area (Å²) in [5.41, 5.74) is -1.05. The molecule has 1 unspecified atom stereocenters. The number of alkyl halides is 3. The zero-order chi connectivity index (χ0) is 23.9. The van der Waals surface area contributed by atoms with Crippen molar-refractivity contribution in [1.82, 2.24) is 10.3 Å². The Kier molecular flexibility index (Phi) is 5.71. The first-order chi connectivity index (χ1) is 15.6. The van der Waals surface area contributed by atoms with E-state index in [2.05, 4.69) is 15.6 Å². The summed E-state index contributed by atoms with van der Waals surface area (Å²) in [6.45, 7) is 0. The highest BCUT2D eigenvalue weighted by Gasteiger charge is 2.37. The minimum atomic E-state index is -4.85. The van der Waals surface area contributed by atoms with Crippen LogP contribution in [0.15, 0.2) is 48.7 Å². The Morgan fingerprint density at radius 1 is 1.21 bits per heavy atom. The monoisotopic (exact) mass is 479 g/mol. The number of nitrogens with zero attached hydrogens (tertiary/aromatic N) is 1. The summed E-state index contributed by atoms with van der Waals surface area (Å²) < 4.78 is 58.2. The number of pyridine rings is 1. The number of halogens is 5. The lowest BCUT2D eigenvalue weighted by atomic mass is 9.97. The fourth-order valence-electron chi connectivity index (χ4n) is 3.56. The van der Waals surface area contributed by atoms with Gasteiger partial charge in [-0.3, -0.25) is 9.59 Å². The lowest BCUT2D eigenvalue weighted by Crippen LogP contribution is -2.21. The lowest BCUT2D eigenvalue weighted by molar-refractivity contribution is -0.137. The van der Waals surface area contributed by atoms with E-state index in [-0.39, 0.29) is 28.8 Å². The second kappa shape index (κ2) is 8.36. The first-order valence-electron chi connectivity index (χ1n) is 9.41. The molecule has 1 atom stereocenters. The molecule has 4 rings (SSSR count). The van der Waals surface area contributed by atoms with Gasteiger partial charge in [-0.15, -0.1) is 0 Å². The molecule has 0 aliphatic carbocycles. The van der Waals surface area contributed by atoms with Crippen LogP contribution in [0.25, 0.3) is 0 Å². The number of rotatable bonds is 4. The van der Waals surface area contributed by atoms with Crippen LogP contribution in [0.5, 0.6) is 5.88 Å². The molecule has 0 saturated heterocycles. The number of carbonyl (C=O) groups excluding carboxylic acids is 2. The van der Waals surface area contributed by atoms with Gasteiger partial charge in [0.1, 0.15) is 11.5 Å². The van der Waals surface area contributed by atoms with Crippen molar-refractivity contribution >= 4 is 29.1 Å². The summed E-state index contributed by atoms with van der Waals surface area (Å²) in [6, 6.07) is 7.36. The molecule has 1 aliphatic heterocycles. The highest BCUT2D eigenvalue weighted by molar-refractivity contribution is 6.31. The van der Waals surface area contributed by atoms with Crippen molar-refractivity contribution in [2.24, 2.45) is 0 Å². The molecular weight excluding hydrogens is 466 g/mol. The first kappa shape index (κ1) is 22.5. The lowest BCUT2D eigenvalue weighted by Gasteiger charge is -2.19. The third-order valence-electron chi connectivity index (χ3n) is 5.03. The molecule has 2 N–H and O–H groups in total. The van der Waals surface area contributed by atoms with E-state index < -0.39 is 41.0 Å². The van der Waals surface area contributed by atoms with Crippen molar-refractivity contribution in [2.45, 2.75) is 12.2 Å². The highest BCUT2D eigenvalue weighted by atomic mass is 35.5. The molecule has 2 heterocycles. The molecule has 0 saturated carbocycles. The van der Waals surface area contributed by atoms with E-state index in [1.165, 1.54) is 13.3 Å². The van der Waals surface area contributed by atoms with Crippen LogP contribution in [0.4, 0.5) is 23.2 Å². The van der Waals surface area contributed by atoms with E-state index in [4.69, 9.17) is 16.3 Å². The SMILES string of the molecule is COc1ncc2c(c1NC(=O)c1cc(F)cc(C(F)(F)F)c1)C(c1ccccc1Cl)NC2=O. The van der Waals surface area contributed by atoms with Crippen LogP contribution in [0.3, 0.4) is 0 Å². The molecule has 11 heteroatoms. The van der Waals surface area contributed by atoms with Gasteiger partial charge in [-0.2, -0.15) is 13.2 Å². The molecule has 33 heavy (non-hydrogen) atoms. The number of benzene rings is 2. The van der Waals surface area contributed by atoms with Crippen LogP contribution in [0.1, 0.15) is 43.4 Å². The summed E-state index contributed by atoms with van der Waals surface area (Å²) in [5.74, 6) is -2.87. The van der Waals surface area contributed by atoms with E-state index in [1.807, 2.05) is 0 Å². The average Bonchev–Trinajstić information content (AvgIpc) is 3.10. The van der Waals surface area contributed by atoms with Gasteiger partial charge in [0.05, 0.1) is 24.3 Å². The maximum Gasteiger partial charge on any atom is 0.416 e. The number of amides is 2. The molecule has 2 aromatic carbocycles. The van der Waals surface area contributed by atoms with Crippen molar-refractivity contribution in [1.29, 1.82) is 0 Å². The van der Waals surface area contributed by atoms with E-state index in [9.17, 15) is 27.2 Å². The Labute approximate surface area is 189 Å². The number of nitrogens with one attached hydrogen (secondary N) is 2. The van der Waals surface area contributed by atoms with Crippen LogP contribution < -0.4 is 15.4 Å². The number of hydrogen-bond donors (Lipinski definition) is 2. The van der Waals surface area contributed by atoms with Crippen LogP contribution in [0, 0.1) is 5.82 Å². The Hall–Kier alpha value is -3.66. The van der Waals surface area contributed by atoms with Crippen molar-refractivity contribution < 1.29 is 31.9 Å². The van der Waals surface area contributed by atoms with Crippen molar-refractivity contribution in [3.63, 3.8) is 0 Å². The molecular formula is C22H14ClF4N3O3. The summed E-state index contributed by atoms with van der Waals surface area (Å²) in [5, 5.41) is 5.51. The van der Waals surface area contributed by atoms with Gasteiger partial charge < -0.3 is 15.4 Å². The highest BCUT2D eigenvalue weighted by Crippen LogP contribution is 2.42. The quantitative estimate of drug-likeness (QED) is 0.517. The predicted molar refractivity (Wildman–Crippen MR) is 111 cm³/mol. The molecule has 2 amide bonds. The number of ether oxygens (including phenoxy) is 1. The van der Waals surface area contributed by atoms with E-state index in [1.54, 1.807) is 24.3 Å². The first-order valence-corrected chi connectivity index (χ1v) is 9.79. The number of carbonyl (C=O) groups is 2. The molecule has 0 fully saturated rings. The summed E-state index contributed by atoms with van der Waals surface area (Å²) in [6.07, 6.45) is -3.60. The second-order valence-electron chi connectivity index (χ2n) is 7.08. The van der Waals surface area contributed by atoms with Crippen LogP contribution in [0.2, 0.25) is 5.02 Å². The Bertz CT molecular complexity index is 1280. The van der Waals surface area contributed by atoms with Gasteiger partial charge >= 0.3 is 6.18 Å². The summed E-state index contributed by atoms with van der Waals surface area (Å²) >= 11 is 6.29.